The van der Waals surface area contributed by atoms with Crippen LogP contribution in [0, 0.1) is 0 Å². The second-order valence-corrected chi connectivity index (χ2v) is 2.41. The molecule has 1 atom stereocenters. The molecule has 0 aliphatic heterocycles. The molecule has 76 valence electrons. The van der Waals surface area contributed by atoms with Crippen molar-refractivity contribution in [1.29, 1.82) is 0 Å². The van der Waals surface area contributed by atoms with E-state index in [4.69, 9.17) is 17.2 Å². The van der Waals surface area contributed by atoms with E-state index in [0.29, 0.717) is 6.54 Å². The second kappa shape index (κ2) is 22.4. The molecule has 0 heterocycles. The Morgan fingerprint density at radius 2 is 1.58 bits per heavy atom. The number of hydrogen-bond donors (Lipinski definition) is 3. The normalized spacial score (nSPS) is 9.83. The van der Waals surface area contributed by atoms with Gasteiger partial charge in [0.15, 0.2) is 0 Å². The van der Waals surface area contributed by atoms with Crippen molar-refractivity contribution >= 4 is 0 Å². The third-order valence-electron chi connectivity index (χ3n) is 0.660. The molecule has 0 aliphatic carbocycles. The predicted octanol–water partition coefficient (Wildman–Crippen LogP) is 0.840. The Balaban J connectivity index is -0.000000105. The molecule has 1 unspecified atom stereocenters. The first-order chi connectivity index (χ1) is 5.60. The number of allylic oxidation sites excluding steroid dienone is 1. The van der Waals surface area contributed by atoms with Gasteiger partial charge < -0.3 is 17.2 Å². The van der Waals surface area contributed by atoms with E-state index in [1.165, 1.54) is 0 Å². The first-order valence-corrected chi connectivity index (χ1v) is 4.33. The first-order valence-electron chi connectivity index (χ1n) is 4.33. The molecule has 12 heavy (non-hydrogen) atoms. The van der Waals surface area contributed by atoms with Crippen molar-refractivity contribution < 1.29 is 0 Å². The zero-order valence-electron chi connectivity index (χ0n) is 8.72. The smallest absolute Gasteiger partial charge is 0.0134 e. The zero-order valence-corrected chi connectivity index (χ0v) is 8.72. The minimum atomic E-state index is 0.162. The lowest BCUT2D eigenvalue weighted by molar-refractivity contribution is 0.752. The minimum absolute atomic E-state index is 0.162. The molecule has 6 N–H and O–H groups in total. The third-order valence-corrected chi connectivity index (χ3v) is 0.660. The topological polar surface area (TPSA) is 78.1 Å². The van der Waals surface area contributed by atoms with Gasteiger partial charge in [-0.25, -0.2) is 0 Å². The van der Waals surface area contributed by atoms with Gasteiger partial charge in [0, 0.05) is 12.6 Å². The zero-order chi connectivity index (χ0) is 10.4. The van der Waals surface area contributed by atoms with Gasteiger partial charge in [-0.05, 0) is 26.8 Å². The van der Waals surface area contributed by atoms with E-state index < -0.39 is 0 Å². The second-order valence-electron chi connectivity index (χ2n) is 2.41. The van der Waals surface area contributed by atoms with Crippen LogP contribution in [0.2, 0.25) is 0 Å². The highest BCUT2D eigenvalue weighted by molar-refractivity contribution is 4.51. The van der Waals surface area contributed by atoms with Crippen molar-refractivity contribution in [2.45, 2.75) is 33.2 Å². The van der Waals surface area contributed by atoms with Crippen molar-refractivity contribution in [2.75, 3.05) is 13.1 Å². The number of nitrogens with two attached hydrogens (primary N) is 3. The van der Waals surface area contributed by atoms with Crippen molar-refractivity contribution in [3.05, 3.63) is 12.7 Å². The average Bonchev–Trinajstić information content (AvgIpc) is 2.06. The van der Waals surface area contributed by atoms with Gasteiger partial charge >= 0.3 is 0 Å². The molecule has 0 aromatic heterocycles. The highest BCUT2D eigenvalue weighted by Gasteiger charge is 1.79. The van der Waals surface area contributed by atoms with Gasteiger partial charge in [-0.15, -0.1) is 6.58 Å². The van der Waals surface area contributed by atoms with Gasteiger partial charge in [-0.1, -0.05) is 13.0 Å². The lowest BCUT2D eigenvalue weighted by atomic mass is 10.4. The summed E-state index contributed by atoms with van der Waals surface area (Å²) in [4.78, 5) is 0. The maximum Gasteiger partial charge on any atom is 0.0134 e. The molecule has 0 aromatic rings. The van der Waals surface area contributed by atoms with Crippen LogP contribution in [0.5, 0.6) is 0 Å². The van der Waals surface area contributed by atoms with E-state index in [2.05, 4.69) is 13.5 Å². The quantitative estimate of drug-likeness (QED) is 0.544. The summed E-state index contributed by atoms with van der Waals surface area (Å²) in [5.74, 6) is 0. The summed E-state index contributed by atoms with van der Waals surface area (Å²) in [5, 5.41) is 0. The summed E-state index contributed by atoms with van der Waals surface area (Å²) >= 11 is 0. The fourth-order valence-corrected chi connectivity index (χ4v) is 0. The molecule has 0 spiro atoms. The average molecular weight is 175 g/mol. The Morgan fingerprint density at radius 3 is 1.58 bits per heavy atom. The first kappa shape index (κ1) is 17.6. The van der Waals surface area contributed by atoms with Gasteiger partial charge in [0.2, 0.25) is 0 Å². The van der Waals surface area contributed by atoms with Crippen molar-refractivity contribution in [2.24, 2.45) is 17.2 Å². The van der Waals surface area contributed by atoms with Gasteiger partial charge in [-0.3, -0.25) is 0 Å². The Hall–Kier alpha value is -0.380. The van der Waals surface area contributed by atoms with Gasteiger partial charge in [0.1, 0.15) is 0 Å². The molecule has 0 fully saturated rings. The Bertz CT molecular complexity index is 60.8. The van der Waals surface area contributed by atoms with Crippen LogP contribution in [0.4, 0.5) is 0 Å². The van der Waals surface area contributed by atoms with E-state index in [9.17, 15) is 0 Å². The van der Waals surface area contributed by atoms with Crippen molar-refractivity contribution in [3.63, 3.8) is 0 Å². The summed E-state index contributed by atoms with van der Waals surface area (Å²) < 4.78 is 0. The monoisotopic (exact) mass is 175 g/mol. The van der Waals surface area contributed by atoms with E-state index in [1.807, 2.05) is 13.8 Å². The van der Waals surface area contributed by atoms with E-state index in [0.717, 1.165) is 13.0 Å². The van der Waals surface area contributed by atoms with Crippen LogP contribution in [0.15, 0.2) is 12.7 Å². The largest absolute Gasteiger partial charge is 0.330 e. The Labute approximate surface area is 77.0 Å². The fraction of sp³-hybridized carbons (Fsp3) is 0.778. The third kappa shape index (κ3) is 104. The maximum atomic E-state index is 5.17. The summed E-state index contributed by atoms with van der Waals surface area (Å²) in [6, 6.07) is 0.162. The molecule has 0 amide bonds. The molecule has 3 heteroatoms. The van der Waals surface area contributed by atoms with Crippen molar-refractivity contribution in [3.8, 4) is 0 Å². The Kier molecular flexibility index (Phi) is 33.0. The van der Waals surface area contributed by atoms with Gasteiger partial charge in [0.25, 0.3) is 0 Å². The SMILES string of the molecule is C=CC.CC(N)CN.CCCN. The molecule has 0 rings (SSSR count). The van der Waals surface area contributed by atoms with Crippen LogP contribution in [0.25, 0.3) is 0 Å². The molecule has 0 saturated heterocycles. The maximum absolute atomic E-state index is 5.17. The molecule has 0 saturated carbocycles. The lowest BCUT2D eigenvalue weighted by Gasteiger charge is -1.92. The molecule has 3 nitrogen and oxygen atoms in total. The highest BCUT2D eigenvalue weighted by atomic mass is 14.7. The number of rotatable bonds is 2. The van der Waals surface area contributed by atoms with Gasteiger partial charge in [-0.2, -0.15) is 0 Å². The van der Waals surface area contributed by atoms with Crippen LogP contribution in [-0.2, 0) is 0 Å². The van der Waals surface area contributed by atoms with E-state index in [1.54, 1.807) is 6.08 Å². The molecular formula is C9H25N3. The number of hydrogen-bond acceptors (Lipinski definition) is 3. The standard InChI is InChI=1S/C3H10N2.C3H9N.C3H6/c1-3(5)2-4;1-2-3-4;1-3-2/h3H,2,4-5H2,1H3;2-4H2,1H3;3H,1H2,2H3. The molecule has 0 aromatic carbocycles. The van der Waals surface area contributed by atoms with E-state index >= 15 is 0 Å². The Morgan fingerprint density at radius 1 is 1.42 bits per heavy atom. The molecule has 0 radical (unpaired) electrons. The van der Waals surface area contributed by atoms with Crippen LogP contribution < -0.4 is 17.2 Å². The van der Waals surface area contributed by atoms with E-state index in [-0.39, 0.29) is 6.04 Å². The van der Waals surface area contributed by atoms with Crippen LogP contribution in [-0.4, -0.2) is 19.1 Å². The predicted molar refractivity (Wildman–Crippen MR) is 57.9 cm³/mol. The van der Waals surface area contributed by atoms with Crippen LogP contribution in [0.1, 0.15) is 27.2 Å². The summed E-state index contributed by atoms with van der Waals surface area (Å²) in [5.41, 5.74) is 15.2. The van der Waals surface area contributed by atoms with Crippen LogP contribution >= 0.6 is 0 Å². The van der Waals surface area contributed by atoms with Crippen LogP contribution in [0.3, 0.4) is 0 Å². The summed E-state index contributed by atoms with van der Waals surface area (Å²) in [7, 11) is 0. The van der Waals surface area contributed by atoms with Crippen molar-refractivity contribution in [1.82, 2.24) is 0 Å². The molecule has 0 aliphatic rings. The lowest BCUT2D eigenvalue weighted by Crippen LogP contribution is -2.25. The summed E-state index contributed by atoms with van der Waals surface area (Å²) in [6.45, 7) is 10.6. The molecule has 0 bridgehead atoms. The van der Waals surface area contributed by atoms with Gasteiger partial charge in [0.05, 0.1) is 0 Å². The molecular weight excluding hydrogens is 150 g/mol. The minimum Gasteiger partial charge on any atom is -0.330 e. The fourth-order valence-electron chi connectivity index (χ4n) is 0. The highest BCUT2D eigenvalue weighted by Crippen LogP contribution is 1.59. The summed E-state index contributed by atoms with van der Waals surface area (Å²) in [6.07, 6.45) is 2.85.